The maximum atomic E-state index is 10.3. The van der Waals surface area contributed by atoms with Crippen LogP contribution in [0.15, 0.2) is 103 Å². The molecule has 4 nitrogen and oxygen atoms in total. The van der Waals surface area contributed by atoms with Gasteiger partial charge in [0.05, 0.1) is 0 Å². The summed E-state index contributed by atoms with van der Waals surface area (Å²) in [5.41, 5.74) is 8.42. The number of carbonyl (C=O) groups is 1. The fraction of sp³-hybridized carbons (Fsp3) is 0.114. The number of aromatic nitrogens is 2. The molecule has 0 amide bonds. The van der Waals surface area contributed by atoms with Gasteiger partial charge >= 0.3 is 5.97 Å². The van der Waals surface area contributed by atoms with Crippen molar-refractivity contribution in [2.24, 2.45) is 0 Å². The molecule has 40 heavy (non-hydrogen) atoms. The van der Waals surface area contributed by atoms with Gasteiger partial charge in [0.1, 0.15) is 5.69 Å². The van der Waals surface area contributed by atoms with E-state index >= 15 is 0 Å². The second-order valence-corrected chi connectivity index (χ2v) is 10.4. The number of benzene rings is 4. The number of carboxylic acid groups (broad SMARTS) is 1. The van der Waals surface area contributed by atoms with Crippen LogP contribution in [0.4, 0.5) is 0 Å². The van der Waals surface area contributed by atoms with Crippen LogP contribution in [0.1, 0.15) is 41.0 Å². The Morgan fingerprint density at radius 3 is 2.30 bits per heavy atom. The van der Waals surface area contributed by atoms with E-state index in [1.807, 2.05) is 13.1 Å². The van der Waals surface area contributed by atoms with Crippen LogP contribution in [0.5, 0.6) is 0 Å². The number of rotatable bonds is 2. The first-order valence-electron chi connectivity index (χ1n) is 12.9. The van der Waals surface area contributed by atoms with Gasteiger partial charge in [-0.1, -0.05) is 80.1 Å². The number of pyridine rings is 2. The number of fused-ring (bicyclic) bond motifs is 6. The van der Waals surface area contributed by atoms with E-state index in [9.17, 15) is 4.79 Å². The largest absolute Gasteiger partial charge is 0.477 e. The van der Waals surface area contributed by atoms with Crippen LogP contribution >= 0.6 is 0 Å². The predicted octanol–water partition coefficient (Wildman–Crippen LogP) is 8.25. The van der Waals surface area contributed by atoms with Crippen molar-refractivity contribution in [3.05, 3.63) is 132 Å². The number of carboxylic acids is 1. The molecule has 1 aliphatic carbocycles. The molecule has 1 aliphatic rings. The van der Waals surface area contributed by atoms with Crippen molar-refractivity contribution in [2.75, 3.05) is 0 Å². The van der Waals surface area contributed by atoms with Gasteiger partial charge in [0, 0.05) is 32.5 Å². The van der Waals surface area contributed by atoms with E-state index in [1.165, 1.54) is 56.1 Å². The molecule has 0 atom stereocenters. The molecule has 0 unspecified atom stereocenters. The van der Waals surface area contributed by atoms with E-state index in [2.05, 4.69) is 104 Å². The minimum absolute atomic E-state index is 0. The molecule has 0 saturated heterocycles. The van der Waals surface area contributed by atoms with Crippen molar-refractivity contribution in [3.8, 4) is 22.4 Å². The Morgan fingerprint density at radius 1 is 0.775 bits per heavy atom. The van der Waals surface area contributed by atoms with Gasteiger partial charge in [-0.05, 0) is 74.5 Å². The Kier molecular flexibility index (Phi) is 7.37. The molecule has 4 aromatic carbocycles. The number of hydrogen-bond acceptors (Lipinski definition) is 3. The summed E-state index contributed by atoms with van der Waals surface area (Å²) in [6.07, 6.45) is 3.40. The number of hydrogen-bond donors (Lipinski definition) is 1. The van der Waals surface area contributed by atoms with Crippen LogP contribution in [0.3, 0.4) is 0 Å². The van der Waals surface area contributed by atoms with Gasteiger partial charge in [-0.15, -0.1) is 29.3 Å². The number of nitrogens with zero attached hydrogens (tertiary/aromatic N) is 2. The Bertz CT molecular complexity index is 1890. The molecule has 1 N–H and O–H groups in total. The molecule has 7 rings (SSSR count). The zero-order valence-electron chi connectivity index (χ0n) is 22.4. The molecule has 5 heteroatoms. The summed E-state index contributed by atoms with van der Waals surface area (Å²) < 4.78 is 0. The normalized spacial score (nSPS) is 12.6. The second kappa shape index (κ2) is 10.8. The third-order valence-corrected chi connectivity index (χ3v) is 7.58. The first kappa shape index (κ1) is 27.4. The SMILES string of the molecule is CC1(C)c2c[c-]c(-c3nccc4c3ccc3ccccc34)cc2-c2ccccc21.Cc1ccnc(C(=O)O)c1.[Ir]. The summed E-state index contributed by atoms with van der Waals surface area (Å²) in [4.78, 5) is 18.7. The van der Waals surface area contributed by atoms with E-state index in [-0.39, 0.29) is 31.2 Å². The summed E-state index contributed by atoms with van der Waals surface area (Å²) in [6, 6.07) is 35.1. The quantitative estimate of drug-likeness (QED) is 0.146. The van der Waals surface area contributed by atoms with E-state index in [0.29, 0.717) is 0 Å². The minimum Gasteiger partial charge on any atom is -0.477 e. The Morgan fingerprint density at radius 2 is 1.52 bits per heavy atom. The smallest absolute Gasteiger partial charge is 0.354 e. The molecule has 2 heterocycles. The monoisotopic (exact) mass is 700 g/mol. The first-order chi connectivity index (χ1) is 18.8. The van der Waals surface area contributed by atoms with Crippen LogP contribution in [-0.4, -0.2) is 21.0 Å². The summed E-state index contributed by atoms with van der Waals surface area (Å²) in [5, 5.41) is 13.4. The molecule has 1 radical (unpaired) electrons. The summed E-state index contributed by atoms with van der Waals surface area (Å²) in [7, 11) is 0. The van der Waals surface area contributed by atoms with Gasteiger partial charge in [-0.2, -0.15) is 0 Å². The fourth-order valence-electron chi connectivity index (χ4n) is 5.58. The van der Waals surface area contributed by atoms with Gasteiger partial charge in [0.2, 0.25) is 0 Å². The van der Waals surface area contributed by atoms with Crippen molar-refractivity contribution in [1.29, 1.82) is 0 Å². The van der Waals surface area contributed by atoms with Crippen molar-refractivity contribution in [1.82, 2.24) is 9.97 Å². The van der Waals surface area contributed by atoms with Gasteiger partial charge < -0.3 is 10.1 Å². The van der Waals surface area contributed by atoms with Gasteiger partial charge in [-0.25, -0.2) is 9.78 Å². The van der Waals surface area contributed by atoms with Crippen molar-refractivity contribution >= 4 is 27.5 Å². The summed E-state index contributed by atoms with van der Waals surface area (Å²) in [6.45, 7) is 6.43. The zero-order valence-corrected chi connectivity index (χ0v) is 24.8. The molecule has 0 fully saturated rings. The van der Waals surface area contributed by atoms with Gasteiger partial charge in [0.15, 0.2) is 0 Å². The van der Waals surface area contributed by atoms with E-state index < -0.39 is 5.97 Å². The summed E-state index contributed by atoms with van der Waals surface area (Å²) >= 11 is 0. The second-order valence-electron chi connectivity index (χ2n) is 10.4. The maximum absolute atomic E-state index is 10.3. The molecular weight excluding hydrogens is 673 g/mol. The summed E-state index contributed by atoms with van der Waals surface area (Å²) in [5.74, 6) is -0.983. The van der Waals surface area contributed by atoms with E-state index in [0.717, 1.165) is 16.8 Å². The van der Waals surface area contributed by atoms with Crippen LogP contribution in [0, 0.1) is 13.0 Å². The van der Waals surface area contributed by atoms with Gasteiger partial charge in [-0.3, -0.25) is 0 Å². The first-order valence-corrected chi connectivity index (χ1v) is 12.9. The third-order valence-electron chi connectivity index (χ3n) is 7.58. The number of aromatic carboxylic acids is 1. The molecule has 199 valence electrons. The van der Waals surface area contributed by atoms with Crippen LogP contribution in [0.25, 0.3) is 43.9 Å². The molecule has 0 aliphatic heterocycles. The van der Waals surface area contributed by atoms with Crippen molar-refractivity contribution in [3.63, 3.8) is 0 Å². The van der Waals surface area contributed by atoms with Crippen LogP contribution in [0.2, 0.25) is 0 Å². The Balaban J connectivity index is 0.000000251. The van der Waals surface area contributed by atoms with Crippen LogP contribution in [-0.2, 0) is 25.5 Å². The number of aryl methyl sites for hydroxylation is 1. The van der Waals surface area contributed by atoms with Crippen molar-refractivity contribution < 1.29 is 30.0 Å². The van der Waals surface area contributed by atoms with Crippen molar-refractivity contribution in [2.45, 2.75) is 26.2 Å². The minimum atomic E-state index is -0.983. The topological polar surface area (TPSA) is 63.1 Å². The van der Waals surface area contributed by atoms with E-state index in [1.54, 1.807) is 6.07 Å². The molecule has 6 aromatic rings. The third kappa shape index (κ3) is 4.72. The predicted molar refractivity (Wildman–Crippen MR) is 157 cm³/mol. The molecule has 0 saturated carbocycles. The Labute approximate surface area is 247 Å². The molecule has 0 spiro atoms. The molecular formula is C35H27IrN2O2-. The van der Waals surface area contributed by atoms with Crippen LogP contribution < -0.4 is 0 Å². The maximum Gasteiger partial charge on any atom is 0.354 e. The van der Waals surface area contributed by atoms with E-state index in [4.69, 9.17) is 10.1 Å². The standard InChI is InChI=1S/C28H20N.C7H7NO2.Ir/c1-28(2)25-10-6-5-9-22(25)24-17-19(12-14-26(24)28)27-23-13-11-18-7-3-4-8-20(18)21(23)15-16-29-27;1-5-2-3-8-6(4-5)7(9)10;/h3-11,13-17H,1-2H3;2-4H,1H3,(H,9,10);/q-1;;. The van der Waals surface area contributed by atoms with Gasteiger partial charge in [0.25, 0.3) is 0 Å². The fourth-order valence-corrected chi connectivity index (χ4v) is 5.58. The average molecular weight is 700 g/mol. The molecule has 0 bridgehead atoms. The average Bonchev–Trinajstić information content (AvgIpc) is 3.19. The molecule has 2 aromatic heterocycles. The Hall–Kier alpha value is -4.18. The zero-order chi connectivity index (χ0) is 27.1.